The third kappa shape index (κ3) is 5.01. The van der Waals surface area contributed by atoms with Crippen LogP contribution in [0.2, 0.25) is 0 Å². The average molecular weight is 395 g/mol. The number of non-ortho nitro benzene ring substituents is 1. The third-order valence-corrected chi connectivity index (χ3v) is 5.15. The van der Waals surface area contributed by atoms with Crippen molar-refractivity contribution in [3.05, 3.63) is 75.2 Å². The standard InChI is InChI=1S/C21H21N3O3S/c1-14(2)16-9-6-15(7-10-16)8-11-20(25)23-21-22-19(13-28-21)17-4-3-5-18(12-17)24(26)27/h3-7,9-10,12-14H,8,11H2,1-2H3,(H,22,23,25). The Morgan fingerprint density at radius 2 is 1.96 bits per heavy atom. The zero-order valence-corrected chi connectivity index (χ0v) is 16.5. The Hall–Kier alpha value is -3.06. The largest absolute Gasteiger partial charge is 0.302 e. The van der Waals surface area contributed by atoms with Crippen LogP contribution in [-0.2, 0) is 11.2 Å². The summed E-state index contributed by atoms with van der Waals surface area (Å²) in [5.74, 6) is 0.385. The number of benzene rings is 2. The molecule has 28 heavy (non-hydrogen) atoms. The molecule has 3 aromatic rings. The van der Waals surface area contributed by atoms with Gasteiger partial charge in [0, 0.05) is 29.5 Å². The van der Waals surface area contributed by atoms with Crippen LogP contribution in [-0.4, -0.2) is 15.8 Å². The molecule has 3 rings (SSSR count). The van der Waals surface area contributed by atoms with Gasteiger partial charge < -0.3 is 5.32 Å². The Morgan fingerprint density at radius 1 is 1.21 bits per heavy atom. The Balaban J connectivity index is 1.58. The summed E-state index contributed by atoms with van der Waals surface area (Å²) in [5.41, 5.74) is 3.67. The minimum Gasteiger partial charge on any atom is -0.302 e. The number of amides is 1. The van der Waals surface area contributed by atoms with E-state index in [1.807, 2.05) is 0 Å². The van der Waals surface area contributed by atoms with E-state index in [2.05, 4.69) is 48.4 Å². The molecule has 0 aliphatic heterocycles. The predicted octanol–water partition coefficient (Wildman–Crippen LogP) is 5.41. The molecule has 1 amide bonds. The van der Waals surface area contributed by atoms with Gasteiger partial charge in [0.1, 0.15) is 0 Å². The number of anilines is 1. The number of nitrogens with one attached hydrogen (secondary N) is 1. The number of aryl methyl sites for hydroxylation is 1. The van der Waals surface area contributed by atoms with Gasteiger partial charge in [-0.1, -0.05) is 50.2 Å². The van der Waals surface area contributed by atoms with Crippen LogP contribution < -0.4 is 5.32 Å². The minimum atomic E-state index is -0.438. The van der Waals surface area contributed by atoms with E-state index in [4.69, 9.17) is 0 Å². The van der Waals surface area contributed by atoms with Crippen molar-refractivity contribution in [2.24, 2.45) is 0 Å². The lowest BCUT2D eigenvalue weighted by atomic mass is 10.0. The van der Waals surface area contributed by atoms with Crippen molar-refractivity contribution >= 4 is 28.1 Å². The van der Waals surface area contributed by atoms with Crippen molar-refractivity contribution in [3.8, 4) is 11.3 Å². The van der Waals surface area contributed by atoms with Gasteiger partial charge in [0.05, 0.1) is 10.6 Å². The minimum absolute atomic E-state index is 0.0135. The zero-order chi connectivity index (χ0) is 20.1. The first-order valence-electron chi connectivity index (χ1n) is 9.01. The maximum Gasteiger partial charge on any atom is 0.270 e. The molecular formula is C21H21N3O3S. The molecule has 0 aliphatic carbocycles. The summed E-state index contributed by atoms with van der Waals surface area (Å²) in [6, 6.07) is 14.6. The number of hydrogen-bond acceptors (Lipinski definition) is 5. The number of thiazole rings is 1. The summed E-state index contributed by atoms with van der Waals surface area (Å²) in [7, 11) is 0. The molecule has 144 valence electrons. The van der Waals surface area contributed by atoms with Crippen molar-refractivity contribution in [3.63, 3.8) is 0 Å². The fraction of sp³-hybridized carbons (Fsp3) is 0.238. The van der Waals surface area contributed by atoms with Crippen LogP contribution in [0.5, 0.6) is 0 Å². The SMILES string of the molecule is CC(C)c1ccc(CCC(=O)Nc2nc(-c3cccc([N+](=O)[O-])c3)cs2)cc1. The molecule has 7 heteroatoms. The lowest BCUT2D eigenvalue weighted by molar-refractivity contribution is -0.384. The highest BCUT2D eigenvalue weighted by atomic mass is 32.1. The second-order valence-electron chi connectivity index (χ2n) is 6.79. The van der Waals surface area contributed by atoms with Crippen LogP contribution in [0.1, 0.15) is 37.3 Å². The van der Waals surface area contributed by atoms with Gasteiger partial charge in [-0.3, -0.25) is 14.9 Å². The number of aromatic nitrogens is 1. The van der Waals surface area contributed by atoms with Crippen molar-refractivity contribution in [1.82, 2.24) is 4.98 Å². The number of nitrogens with zero attached hydrogens (tertiary/aromatic N) is 2. The molecule has 0 saturated carbocycles. The molecule has 0 unspecified atom stereocenters. The van der Waals surface area contributed by atoms with Crippen molar-refractivity contribution in [2.45, 2.75) is 32.6 Å². The predicted molar refractivity (Wildman–Crippen MR) is 112 cm³/mol. The Kier molecular flexibility index (Phi) is 6.16. The first-order valence-corrected chi connectivity index (χ1v) is 9.89. The average Bonchev–Trinajstić information content (AvgIpc) is 3.15. The van der Waals surface area contributed by atoms with Crippen LogP contribution >= 0.6 is 11.3 Å². The van der Waals surface area contributed by atoms with Crippen LogP contribution in [0.25, 0.3) is 11.3 Å². The van der Waals surface area contributed by atoms with Gasteiger partial charge in [-0.15, -0.1) is 11.3 Å². The van der Waals surface area contributed by atoms with Gasteiger partial charge in [0.2, 0.25) is 5.91 Å². The van der Waals surface area contributed by atoms with E-state index in [0.29, 0.717) is 35.1 Å². The molecular weight excluding hydrogens is 374 g/mol. The summed E-state index contributed by atoms with van der Waals surface area (Å²) >= 11 is 1.30. The molecule has 0 aliphatic rings. The monoisotopic (exact) mass is 395 g/mol. The van der Waals surface area contributed by atoms with E-state index >= 15 is 0 Å². The number of carbonyl (C=O) groups is 1. The lowest BCUT2D eigenvalue weighted by Crippen LogP contribution is -2.12. The van der Waals surface area contributed by atoms with Crippen molar-refractivity contribution < 1.29 is 9.72 Å². The number of carbonyl (C=O) groups excluding carboxylic acids is 1. The highest BCUT2D eigenvalue weighted by Crippen LogP contribution is 2.27. The normalized spacial score (nSPS) is 10.8. The summed E-state index contributed by atoms with van der Waals surface area (Å²) in [6.45, 7) is 4.30. The first kappa shape index (κ1) is 19.7. The zero-order valence-electron chi connectivity index (χ0n) is 15.7. The molecule has 0 radical (unpaired) electrons. The van der Waals surface area contributed by atoms with Gasteiger partial charge in [0.15, 0.2) is 5.13 Å². The number of nitro benzene ring substituents is 1. The second kappa shape index (κ2) is 8.75. The van der Waals surface area contributed by atoms with Crippen molar-refractivity contribution in [2.75, 3.05) is 5.32 Å². The van der Waals surface area contributed by atoms with Gasteiger partial charge >= 0.3 is 0 Å². The molecule has 6 nitrogen and oxygen atoms in total. The lowest BCUT2D eigenvalue weighted by Gasteiger charge is -2.07. The highest BCUT2D eigenvalue weighted by Gasteiger charge is 2.11. The molecule has 1 heterocycles. The van der Waals surface area contributed by atoms with Crippen LogP contribution in [0.15, 0.2) is 53.9 Å². The summed E-state index contributed by atoms with van der Waals surface area (Å²) in [6.07, 6.45) is 1.03. The fourth-order valence-corrected chi connectivity index (χ4v) is 3.49. The molecule has 0 fully saturated rings. The van der Waals surface area contributed by atoms with Crippen LogP contribution in [0.3, 0.4) is 0 Å². The van der Waals surface area contributed by atoms with E-state index in [-0.39, 0.29) is 11.6 Å². The number of rotatable bonds is 7. The van der Waals surface area contributed by atoms with Crippen molar-refractivity contribution in [1.29, 1.82) is 0 Å². The highest BCUT2D eigenvalue weighted by molar-refractivity contribution is 7.14. The van der Waals surface area contributed by atoms with E-state index < -0.39 is 4.92 Å². The maximum atomic E-state index is 12.2. The molecule has 1 aromatic heterocycles. The van der Waals surface area contributed by atoms with E-state index in [0.717, 1.165) is 5.56 Å². The second-order valence-corrected chi connectivity index (χ2v) is 7.65. The van der Waals surface area contributed by atoms with Gasteiger partial charge in [0.25, 0.3) is 5.69 Å². The first-order chi connectivity index (χ1) is 13.4. The smallest absolute Gasteiger partial charge is 0.270 e. The third-order valence-electron chi connectivity index (χ3n) is 4.39. The van der Waals surface area contributed by atoms with Crippen LogP contribution in [0, 0.1) is 10.1 Å². The molecule has 0 spiro atoms. The molecule has 0 atom stereocenters. The number of nitro groups is 1. The quantitative estimate of drug-likeness (QED) is 0.428. The van der Waals surface area contributed by atoms with Crippen LogP contribution in [0.4, 0.5) is 10.8 Å². The van der Waals surface area contributed by atoms with Gasteiger partial charge in [-0.2, -0.15) is 0 Å². The maximum absolute atomic E-state index is 12.2. The summed E-state index contributed by atoms with van der Waals surface area (Å²) < 4.78 is 0. The fourth-order valence-electron chi connectivity index (χ4n) is 2.75. The molecule has 0 bridgehead atoms. The Labute approximate surface area is 167 Å². The van der Waals surface area contributed by atoms with Gasteiger partial charge in [-0.05, 0) is 23.5 Å². The summed E-state index contributed by atoms with van der Waals surface area (Å²) in [4.78, 5) is 27.1. The summed E-state index contributed by atoms with van der Waals surface area (Å²) in [5, 5.41) is 16.0. The molecule has 2 aromatic carbocycles. The van der Waals surface area contributed by atoms with E-state index in [9.17, 15) is 14.9 Å². The molecule has 0 saturated heterocycles. The van der Waals surface area contributed by atoms with E-state index in [1.54, 1.807) is 17.5 Å². The Morgan fingerprint density at radius 3 is 2.64 bits per heavy atom. The van der Waals surface area contributed by atoms with E-state index in [1.165, 1.54) is 29.0 Å². The topological polar surface area (TPSA) is 85.1 Å². The number of hydrogen-bond donors (Lipinski definition) is 1. The van der Waals surface area contributed by atoms with Gasteiger partial charge in [-0.25, -0.2) is 4.98 Å². The Bertz CT molecular complexity index is 981. The molecule has 1 N–H and O–H groups in total.